The molecule has 3 aromatic rings. The minimum absolute atomic E-state index is 0.0479. The molecule has 0 aliphatic carbocycles. The minimum atomic E-state index is -1.13. The van der Waals surface area contributed by atoms with Gasteiger partial charge in [0.15, 0.2) is 11.5 Å². The number of amides is 4. The van der Waals surface area contributed by atoms with Gasteiger partial charge in [0.05, 0.1) is 0 Å². The topological polar surface area (TPSA) is 105 Å². The Labute approximate surface area is 185 Å². The van der Waals surface area contributed by atoms with Crippen molar-refractivity contribution in [1.82, 2.24) is 20.5 Å². The van der Waals surface area contributed by atoms with Gasteiger partial charge in [0.2, 0.25) is 0 Å². The Hall–Kier alpha value is -3.68. The van der Waals surface area contributed by atoms with Gasteiger partial charge in [0.25, 0.3) is 11.8 Å². The average molecular weight is 432 g/mol. The maximum absolute atomic E-state index is 13.0. The zero-order chi connectivity index (χ0) is 22.5. The first-order valence-corrected chi connectivity index (χ1v) is 10.7. The SMILES string of the molecule is Cc1ccc2nc(C3CCN(C(=O)c4ccc([C@@]5(C)NC(=O)NC5=O)cc4)CC3)oc2c1. The maximum atomic E-state index is 13.0. The number of nitrogens with one attached hydrogen (secondary N) is 2. The molecule has 0 bridgehead atoms. The number of fused-ring (bicyclic) bond motifs is 1. The number of hydrogen-bond donors (Lipinski definition) is 2. The average Bonchev–Trinajstić information content (AvgIpc) is 3.33. The number of urea groups is 1. The van der Waals surface area contributed by atoms with Crippen LogP contribution in [0.2, 0.25) is 0 Å². The molecule has 2 saturated heterocycles. The summed E-state index contributed by atoms with van der Waals surface area (Å²) in [6.07, 6.45) is 1.58. The summed E-state index contributed by atoms with van der Waals surface area (Å²) in [6, 6.07) is 12.3. The Morgan fingerprint density at radius 3 is 2.50 bits per heavy atom. The molecular formula is C24H24N4O4. The quantitative estimate of drug-likeness (QED) is 0.619. The molecule has 0 radical (unpaired) electrons. The summed E-state index contributed by atoms with van der Waals surface area (Å²) in [4.78, 5) is 43.1. The van der Waals surface area contributed by atoms with Gasteiger partial charge in [0, 0.05) is 24.6 Å². The lowest BCUT2D eigenvalue weighted by Gasteiger charge is -2.31. The van der Waals surface area contributed by atoms with E-state index >= 15 is 0 Å². The standard InChI is InChI=1S/C24H24N4O4/c1-14-3-8-18-19(13-14)32-20(25-18)15-9-11-28(12-10-15)21(29)16-4-6-17(7-5-16)24(2)22(30)26-23(31)27-24/h3-8,13,15H,9-12H2,1-2H3,(H2,26,27,30,31)/t24-/m1/s1. The minimum Gasteiger partial charge on any atom is -0.440 e. The molecule has 2 N–H and O–H groups in total. The van der Waals surface area contributed by atoms with Crippen LogP contribution in [0.25, 0.3) is 11.1 Å². The highest BCUT2D eigenvalue weighted by atomic mass is 16.3. The second-order valence-corrected chi connectivity index (χ2v) is 8.70. The number of hydrogen-bond acceptors (Lipinski definition) is 5. The van der Waals surface area contributed by atoms with Crippen LogP contribution in [-0.2, 0) is 10.3 Å². The van der Waals surface area contributed by atoms with Crippen LogP contribution in [0.4, 0.5) is 4.79 Å². The molecule has 1 atom stereocenters. The highest BCUT2D eigenvalue weighted by Gasteiger charge is 2.43. The molecule has 0 spiro atoms. The van der Waals surface area contributed by atoms with Crippen molar-refractivity contribution >= 4 is 28.9 Å². The van der Waals surface area contributed by atoms with Gasteiger partial charge < -0.3 is 14.6 Å². The highest BCUT2D eigenvalue weighted by Crippen LogP contribution is 2.31. The van der Waals surface area contributed by atoms with Crippen molar-refractivity contribution in [3.05, 3.63) is 65.0 Å². The van der Waals surface area contributed by atoms with Gasteiger partial charge in [0.1, 0.15) is 11.1 Å². The van der Waals surface area contributed by atoms with E-state index in [9.17, 15) is 14.4 Å². The van der Waals surface area contributed by atoms with Crippen LogP contribution in [0, 0.1) is 6.92 Å². The van der Waals surface area contributed by atoms with Gasteiger partial charge in [-0.2, -0.15) is 0 Å². The number of carbonyl (C=O) groups excluding carboxylic acids is 3. The number of benzene rings is 2. The zero-order valence-corrected chi connectivity index (χ0v) is 18.0. The number of rotatable bonds is 3. The smallest absolute Gasteiger partial charge is 0.322 e. The number of aromatic nitrogens is 1. The molecule has 4 amide bonds. The number of piperidine rings is 1. The van der Waals surface area contributed by atoms with Gasteiger partial charge in [-0.15, -0.1) is 0 Å². The number of aryl methyl sites for hydroxylation is 1. The van der Waals surface area contributed by atoms with Crippen molar-refractivity contribution in [1.29, 1.82) is 0 Å². The third kappa shape index (κ3) is 3.41. The molecule has 0 saturated carbocycles. The van der Waals surface area contributed by atoms with Crippen LogP contribution in [0.3, 0.4) is 0 Å². The van der Waals surface area contributed by atoms with E-state index in [1.165, 1.54) is 0 Å². The molecule has 8 nitrogen and oxygen atoms in total. The van der Waals surface area contributed by atoms with E-state index in [1.807, 2.05) is 30.0 Å². The lowest BCUT2D eigenvalue weighted by Crippen LogP contribution is -2.40. The van der Waals surface area contributed by atoms with E-state index in [2.05, 4.69) is 15.6 Å². The largest absolute Gasteiger partial charge is 0.440 e. The molecule has 164 valence electrons. The van der Waals surface area contributed by atoms with Gasteiger partial charge in [-0.05, 0) is 62.1 Å². The van der Waals surface area contributed by atoms with E-state index in [4.69, 9.17) is 4.42 Å². The van der Waals surface area contributed by atoms with Crippen molar-refractivity contribution in [3.63, 3.8) is 0 Å². The summed E-state index contributed by atoms with van der Waals surface area (Å²) >= 11 is 0. The predicted molar refractivity (Wildman–Crippen MR) is 117 cm³/mol. The maximum Gasteiger partial charge on any atom is 0.322 e. The van der Waals surface area contributed by atoms with Crippen molar-refractivity contribution in [2.75, 3.05) is 13.1 Å². The summed E-state index contributed by atoms with van der Waals surface area (Å²) in [5.74, 6) is 0.483. The third-order valence-corrected chi connectivity index (χ3v) is 6.45. The summed E-state index contributed by atoms with van der Waals surface area (Å²) in [5, 5.41) is 4.88. The van der Waals surface area contributed by atoms with E-state index in [1.54, 1.807) is 31.2 Å². The molecule has 5 rings (SSSR count). The molecule has 2 fully saturated rings. The van der Waals surface area contributed by atoms with Crippen LogP contribution in [0.5, 0.6) is 0 Å². The highest BCUT2D eigenvalue weighted by molar-refractivity contribution is 6.07. The first-order chi connectivity index (χ1) is 15.3. The number of likely N-dealkylation sites (tertiary alicyclic amines) is 1. The molecule has 1 aromatic heterocycles. The van der Waals surface area contributed by atoms with Crippen LogP contribution >= 0.6 is 0 Å². The molecule has 8 heteroatoms. The van der Waals surface area contributed by atoms with E-state index < -0.39 is 17.5 Å². The van der Waals surface area contributed by atoms with Gasteiger partial charge in [-0.3, -0.25) is 14.9 Å². The number of carbonyl (C=O) groups is 3. The number of oxazole rings is 1. The summed E-state index contributed by atoms with van der Waals surface area (Å²) in [5.41, 5.74) is 2.86. The summed E-state index contributed by atoms with van der Waals surface area (Å²) < 4.78 is 5.98. The molecule has 2 aliphatic rings. The van der Waals surface area contributed by atoms with Gasteiger partial charge >= 0.3 is 6.03 Å². The summed E-state index contributed by atoms with van der Waals surface area (Å²) in [6.45, 7) is 4.91. The first kappa shape index (κ1) is 20.2. The lowest BCUT2D eigenvalue weighted by atomic mass is 9.91. The first-order valence-electron chi connectivity index (χ1n) is 10.7. The fourth-order valence-corrected chi connectivity index (χ4v) is 4.43. The normalized spacial score (nSPS) is 21.6. The molecule has 3 heterocycles. The van der Waals surface area contributed by atoms with Crippen LogP contribution in [0.15, 0.2) is 46.9 Å². The predicted octanol–water partition coefficient (Wildman–Crippen LogP) is 3.21. The molecule has 2 aromatic carbocycles. The Kier molecular flexibility index (Phi) is 4.73. The Morgan fingerprint density at radius 1 is 1.12 bits per heavy atom. The second-order valence-electron chi connectivity index (χ2n) is 8.70. The molecule has 0 unspecified atom stereocenters. The van der Waals surface area contributed by atoms with E-state index in [0.717, 1.165) is 35.4 Å². The van der Waals surface area contributed by atoms with Crippen molar-refractivity contribution in [2.24, 2.45) is 0 Å². The molecular weight excluding hydrogens is 408 g/mol. The Morgan fingerprint density at radius 2 is 1.84 bits per heavy atom. The fraction of sp³-hybridized carbons (Fsp3) is 0.333. The third-order valence-electron chi connectivity index (χ3n) is 6.45. The van der Waals surface area contributed by atoms with Crippen LogP contribution in [-0.4, -0.2) is 40.8 Å². The van der Waals surface area contributed by atoms with Gasteiger partial charge in [-0.1, -0.05) is 18.2 Å². The Bertz CT molecular complexity index is 1220. The van der Waals surface area contributed by atoms with E-state index in [0.29, 0.717) is 24.2 Å². The number of nitrogens with zero attached hydrogens (tertiary/aromatic N) is 2. The van der Waals surface area contributed by atoms with E-state index in [-0.39, 0.29) is 11.8 Å². The van der Waals surface area contributed by atoms with Crippen LogP contribution in [0.1, 0.15) is 53.1 Å². The van der Waals surface area contributed by atoms with Crippen molar-refractivity contribution < 1.29 is 18.8 Å². The lowest BCUT2D eigenvalue weighted by molar-refractivity contribution is -0.123. The summed E-state index contributed by atoms with van der Waals surface area (Å²) in [7, 11) is 0. The number of imide groups is 1. The monoisotopic (exact) mass is 432 g/mol. The second kappa shape index (κ2) is 7.47. The molecule has 32 heavy (non-hydrogen) atoms. The van der Waals surface area contributed by atoms with Crippen LogP contribution < -0.4 is 10.6 Å². The van der Waals surface area contributed by atoms with Crippen molar-refractivity contribution in [2.45, 2.75) is 38.1 Å². The Balaban J connectivity index is 1.25. The zero-order valence-electron chi connectivity index (χ0n) is 18.0. The van der Waals surface area contributed by atoms with Crippen molar-refractivity contribution in [3.8, 4) is 0 Å². The fourth-order valence-electron chi connectivity index (χ4n) is 4.43. The molecule has 2 aliphatic heterocycles. The van der Waals surface area contributed by atoms with Gasteiger partial charge in [-0.25, -0.2) is 9.78 Å².